The van der Waals surface area contributed by atoms with Gasteiger partial charge in [0.1, 0.15) is 20.7 Å². The predicted molar refractivity (Wildman–Crippen MR) is 128 cm³/mol. The number of rotatable bonds is 7. The zero-order valence-corrected chi connectivity index (χ0v) is 21.1. The number of carbonyl (C=O) groups excluding carboxylic acids is 1. The van der Waals surface area contributed by atoms with E-state index >= 15 is 0 Å². The van der Waals surface area contributed by atoms with Gasteiger partial charge in [0.25, 0.3) is 5.88 Å². The van der Waals surface area contributed by atoms with Crippen LogP contribution in [0, 0.1) is 27.7 Å². The first kappa shape index (κ1) is 24.2. The molecule has 3 heterocycles. The zero-order valence-electron chi connectivity index (χ0n) is 18.7. The summed E-state index contributed by atoms with van der Waals surface area (Å²) in [5.41, 5.74) is 10.1. The van der Waals surface area contributed by atoms with Crippen molar-refractivity contribution in [3.05, 3.63) is 61.9 Å². The van der Waals surface area contributed by atoms with Crippen molar-refractivity contribution < 1.29 is 17.7 Å². The van der Waals surface area contributed by atoms with Crippen molar-refractivity contribution in [1.82, 2.24) is 25.8 Å². The van der Waals surface area contributed by atoms with E-state index in [-0.39, 0.29) is 10.9 Å². The molecule has 1 aliphatic heterocycles. The van der Waals surface area contributed by atoms with Crippen LogP contribution in [0.1, 0.15) is 39.3 Å². The first-order valence-corrected chi connectivity index (χ1v) is 12.9. The number of aromatic amines is 1. The molecule has 2 aromatic heterocycles. The number of hydrogen-bond donors (Lipinski definition) is 3. The van der Waals surface area contributed by atoms with Crippen LogP contribution < -0.4 is 10.5 Å². The Bertz CT molecular complexity index is 1400. The first-order chi connectivity index (χ1) is 16.0. The molecule has 4 rings (SSSR count). The molecule has 0 fully saturated rings. The quantitative estimate of drug-likeness (QED) is 0.420. The number of amides is 1. The van der Waals surface area contributed by atoms with E-state index in [9.17, 15) is 13.2 Å². The van der Waals surface area contributed by atoms with E-state index in [0.29, 0.717) is 23.5 Å². The summed E-state index contributed by atoms with van der Waals surface area (Å²) in [4.78, 5) is 13.1. The maximum atomic E-state index is 13.5. The van der Waals surface area contributed by atoms with Gasteiger partial charge in [-0.05, 0) is 60.9 Å². The Kier molecular flexibility index (Phi) is 6.21. The van der Waals surface area contributed by atoms with Crippen molar-refractivity contribution in [1.29, 1.82) is 0 Å². The number of hydrogen-bond acceptors (Lipinski definition) is 9. The van der Waals surface area contributed by atoms with Crippen LogP contribution >= 0.6 is 23.4 Å². The minimum Gasteiger partial charge on any atom is -0.368 e. The zero-order chi connectivity index (χ0) is 24.8. The SMILES string of the molecule is Cc1cc(C)c(C2(C(N)=O)SC=CC2S(=O)(=O)Nc2onc(C)c2Cl)c(C)c1Cc1nn[nH]n1. The number of benzene rings is 1. The average Bonchev–Trinajstić information content (AvgIpc) is 3.49. The van der Waals surface area contributed by atoms with E-state index in [0.717, 1.165) is 34.0 Å². The lowest BCUT2D eigenvalue weighted by Gasteiger charge is -2.35. The molecule has 2 unspecified atom stereocenters. The minimum absolute atomic E-state index is 0.0352. The number of primary amides is 1. The van der Waals surface area contributed by atoms with Crippen molar-refractivity contribution in [3.8, 4) is 0 Å². The highest BCUT2D eigenvalue weighted by Crippen LogP contribution is 2.51. The summed E-state index contributed by atoms with van der Waals surface area (Å²) in [5, 5.41) is 18.0. The number of nitrogens with one attached hydrogen (secondary N) is 2. The molecule has 34 heavy (non-hydrogen) atoms. The molecule has 0 saturated carbocycles. The summed E-state index contributed by atoms with van der Waals surface area (Å²) < 4.78 is 32.8. The molecule has 1 aliphatic rings. The maximum Gasteiger partial charge on any atom is 0.257 e. The fraction of sp³-hybridized carbons (Fsp3) is 0.350. The van der Waals surface area contributed by atoms with Crippen molar-refractivity contribution >= 4 is 45.2 Å². The van der Waals surface area contributed by atoms with E-state index in [2.05, 4.69) is 30.5 Å². The number of carbonyl (C=O) groups is 1. The first-order valence-electron chi connectivity index (χ1n) is 10.1. The number of halogens is 1. The number of H-pyrrole nitrogens is 1. The number of tetrazole rings is 1. The number of anilines is 1. The van der Waals surface area contributed by atoms with Gasteiger partial charge in [0.05, 0.1) is 0 Å². The van der Waals surface area contributed by atoms with Crippen molar-refractivity contribution in [3.63, 3.8) is 0 Å². The maximum absolute atomic E-state index is 13.5. The number of aryl methyl sites for hydroxylation is 3. The van der Waals surface area contributed by atoms with Gasteiger partial charge in [-0.1, -0.05) is 34.1 Å². The molecule has 1 aromatic carbocycles. The van der Waals surface area contributed by atoms with Gasteiger partial charge >= 0.3 is 0 Å². The molecule has 11 nitrogen and oxygen atoms in total. The number of nitrogens with zero attached hydrogens (tertiary/aromatic N) is 4. The molecule has 1 amide bonds. The largest absolute Gasteiger partial charge is 0.368 e. The average molecular weight is 524 g/mol. The van der Waals surface area contributed by atoms with Crippen LogP contribution in [0.5, 0.6) is 0 Å². The van der Waals surface area contributed by atoms with Gasteiger partial charge in [-0.25, -0.2) is 13.1 Å². The third-order valence-corrected chi connectivity index (χ3v) is 9.43. The van der Waals surface area contributed by atoms with Gasteiger partial charge in [-0.15, -0.1) is 22.0 Å². The molecule has 180 valence electrons. The molecule has 3 aromatic rings. The topological polar surface area (TPSA) is 170 Å². The van der Waals surface area contributed by atoms with Crippen LogP contribution in [0.2, 0.25) is 5.02 Å². The number of nitrogens with two attached hydrogens (primary N) is 1. The molecule has 0 radical (unpaired) electrons. The van der Waals surface area contributed by atoms with Gasteiger partial charge in [-0.3, -0.25) is 4.79 Å². The standard InChI is InChI=1S/C20H22ClN7O4S2/c1-9-7-10(2)16(11(3)13(9)8-15-23-27-28-24-15)20(19(22)29)14(5-6-33-20)34(30,31)26-18-17(21)12(4)25-32-18/h5-7,14,26H,8H2,1-4H3,(H2,22,29)(H,23,24,27,28). The Labute approximate surface area is 204 Å². The van der Waals surface area contributed by atoms with E-state index < -0.39 is 25.9 Å². The van der Waals surface area contributed by atoms with Crippen LogP contribution in [-0.2, 0) is 26.0 Å². The van der Waals surface area contributed by atoms with Crippen molar-refractivity contribution in [2.24, 2.45) is 5.73 Å². The van der Waals surface area contributed by atoms with Crippen LogP contribution in [-0.4, -0.2) is 45.4 Å². The third-order valence-electron chi connectivity index (χ3n) is 5.86. The molecular weight excluding hydrogens is 502 g/mol. The monoisotopic (exact) mass is 523 g/mol. The predicted octanol–water partition coefficient (Wildman–Crippen LogP) is 2.42. The van der Waals surface area contributed by atoms with Gasteiger partial charge in [-0.2, -0.15) is 5.21 Å². The lowest BCUT2D eigenvalue weighted by molar-refractivity contribution is -0.120. The fourth-order valence-corrected chi connectivity index (χ4v) is 7.88. The highest BCUT2D eigenvalue weighted by molar-refractivity contribution is 8.05. The normalized spacial score (nSPS) is 20.1. The van der Waals surface area contributed by atoms with E-state index in [1.54, 1.807) is 12.3 Å². The highest BCUT2D eigenvalue weighted by atomic mass is 35.5. The molecule has 0 saturated heterocycles. The Morgan fingerprint density at radius 3 is 2.65 bits per heavy atom. The van der Waals surface area contributed by atoms with Crippen LogP contribution in [0.3, 0.4) is 0 Å². The second kappa shape index (κ2) is 8.71. The smallest absolute Gasteiger partial charge is 0.257 e. The molecule has 2 atom stereocenters. The van der Waals surface area contributed by atoms with Crippen molar-refractivity contribution in [2.45, 2.75) is 44.1 Å². The number of sulfonamides is 1. The lowest BCUT2D eigenvalue weighted by Crippen LogP contribution is -2.50. The van der Waals surface area contributed by atoms with E-state index in [4.69, 9.17) is 21.9 Å². The summed E-state index contributed by atoms with van der Waals surface area (Å²) >= 11 is 7.16. The molecular formula is C20H22ClN7O4S2. The third kappa shape index (κ3) is 3.87. The molecule has 0 aliphatic carbocycles. The lowest BCUT2D eigenvalue weighted by atomic mass is 9.82. The Morgan fingerprint density at radius 1 is 1.32 bits per heavy atom. The number of aromatic nitrogens is 5. The summed E-state index contributed by atoms with van der Waals surface area (Å²) in [6.07, 6.45) is 1.78. The molecule has 0 spiro atoms. The van der Waals surface area contributed by atoms with Crippen LogP contribution in [0.25, 0.3) is 0 Å². The van der Waals surface area contributed by atoms with Crippen molar-refractivity contribution in [2.75, 3.05) is 4.72 Å². The second-order valence-electron chi connectivity index (χ2n) is 8.02. The Balaban J connectivity index is 1.86. The summed E-state index contributed by atoms with van der Waals surface area (Å²) in [6, 6.07) is 1.90. The molecule has 14 heteroatoms. The molecule has 4 N–H and O–H groups in total. The second-order valence-corrected chi connectivity index (χ2v) is 11.4. The summed E-state index contributed by atoms with van der Waals surface area (Å²) in [5.74, 6) is -0.552. The van der Waals surface area contributed by atoms with Gasteiger partial charge in [0, 0.05) is 6.42 Å². The Hall–Kier alpha value is -2.90. The minimum atomic E-state index is -4.25. The highest BCUT2D eigenvalue weighted by Gasteiger charge is 2.56. The Morgan fingerprint density at radius 2 is 2.06 bits per heavy atom. The number of thioether (sulfide) groups is 1. The fourth-order valence-electron chi connectivity index (χ4n) is 4.37. The van der Waals surface area contributed by atoms with E-state index in [1.165, 1.54) is 6.08 Å². The van der Waals surface area contributed by atoms with Gasteiger partial charge in [0.15, 0.2) is 5.82 Å². The van der Waals surface area contributed by atoms with Gasteiger partial charge in [0.2, 0.25) is 15.9 Å². The molecule has 0 bridgehead atoms. The summed E-state index contributed by atoms with van der Waals surface area (Å²) in [6.45, 7) is 7.17. The van der Waals surface area contributed by atoms with Crippen LogP contribution in [0.15, 0.2) is 22.1 Å². The summed E-state index contributed by atoms with van der Waals surface area (Å²) in [7, 11) is -4.25. The van der Waals surface area contributed by atoms with E-state index in [1.807, 2.05) is 26.8 Å². The van der Waals surface area contributed by atoms with Crippen LogP contribution in [0.4, 0.5) is 5.88 Å². The van der Waals surface area contributed by atoms with Gasteiger partial charge < -0.3 is 10.3 Å².